The van der Waals surface area contributed by atoms with Gasteiger partial charge in [-0.15, -0.1) is 0 Å². The normalized spacial score (nSPS) is 11.1. The Bertz CT molecular complexity index is 354. The number of aromatic amines is 1. The molecule has 0 atom stereocenters. The molecule has 0 aliphatic carbocycles. The molecule has 1 aromatic rings. The third-order valence-electron chi connectivity index (χ3n) is 1.59. The molecule has 0 unspecified atom stereocenters. The second-order valence-electron chi connectivity index (χ2n) is 3.02. The maximum atomic E-state index is 7.01. The van der Waals surface area contributed by atoms with Crippen LogP contribution in [-0.2, 0) is 0 Å². The third kappa shape index (κ3) is 2.09. The molecule has 4 nitrogen and oxygen atoms in total. The molecule has 1 rings (SSSR count). The Labute approximate surface area is 77.7 Å². The van der Waals surface area contributed by atoms with Crippen molar-refractivity contribution in [2.24, 2.45) is 0 Å². The lowest BCUT2D eigenvalue weighted by Crippen LogP contribution is -2.02. The van der Waals surface area contributed by atoms with Crippen molar-refractivity contribution >= 4 is 5.70 Å². The van der Waals surface area contributed by atoms with Crippen molar-refractivity contribution in [2.45, 2.75) is 6.92 Å². The highest BCUT2D eigenvalue weighted by atomic mass is 15.1. The molecule has 4 heteroatoms. The fourth-order valence-corrected chi connectivity index (χ4v) is 1.000. The van der Waals surface area contributed by atoms with E-state index in [1.165, 1.54) is 0 Å². The molecule has 0 aliphatic heterocycles. The Morgan fingerprint density at radius 2 is 2.38 bits per heavy atom. The van der Waals surface area contributed by atoms with Crippen LogP contribution >= 0.6 is 0 Å². The molecule has 0 saturated carbocycles. The van der Waals surface area contributed by atoms with Crippen LogP contribution < -0.4 is 0 Å². The van der Waals surface area contributed by atoms with Crippen LogP contribution in [-0.4, -0.2) is 29.2 Å². The average Bonchev–Trinajstić information content (AvgIpc) is 2.47. The third-order valence-corrected chi connectivity index (χ3v) is 1.59. The number of hydrogen-bond acceptors (Lipinski definition) is 2. The molecule has 0 aliphatic rings. The van der Waals surface area contributed by atoms with Gasteiger partial charge in [0.05, 0.1) is 18.5 Å². The van der Waals surface area contributed by atoms with E-state index in [-0.39, 0.29) is 0 Å². The summed E-state index contributed by atoms with van der Waals surface area (Å²) < 4.78 is 0. The summed E-state index contributed by atoms with van der Waals surface area (Å²) in [6.07, 6.45) is 3.48. The van der Waals surface area contributed by atoms with Crippen LogP contribution in [0.2, 0.25) is 0 Å². The van der Waals surface area contributed by atoms with Crippen molar-refractivity contribution in [3.63, 3.8) is 0 Å². The molecule has 0 fully saturated rings. The second-order valence-corrected chi connectivity index (χ2v) is 3.02. The highest BCUT2D eigenvalue weighted by molar-refractivity contribution is 5.69. The lowest BCUT2D eigenvalue weighted by molar-refractivity contribution is 0.565. The highest BCUT2D eigenvalue weighted by Gasteiger charge is 2.06. The molecule has 0 spiro atoms. The SMILES string of the molecule is [C-]#[N+]/C(=C\N(C)C)c1[nH]ncc1C. The summed E-state index contributed by atoms with van der Waals surface area (Å²) in [5, 5.41) is 6.67. The van der Waals surface area contributed by atoms with Gasteiger partial charge < -0.3 is 4.90 Å². The number of nitrogens with one attached hydrogen (secondary N) is 1. The van der Waals surface area contributed by atoms with E-state index in [1.807, 2.05) is 25.9 Å². The molecule has 68 valence electrons. The van der Waals surface area contributed by atoms with E-state index in [1.54, 1.807) is 12.4 Å². The van der Waals surface area contributed by atoms with Gasteiger partial charge in [0.25, 0.3) is 0 Å². The van der Waals surface area contributed by atoms with Gasteiger partial charge in [-0.25, -0.2) is 4.85 Å². The van der Waals surface area contributed by atoms with Crippen LogP contribution in [0.5, 0.6) is 0 Å². The minimum Gasteiger partial charge on any atom is -0.393 e. The monoisotopic (exact) mass is 176 g/mol. The minimum absolute atomic E-state index is 0.583. The summed E-state index contributed by atoms with van der Waals surface area (Å²) in [7, 11) is 3.77. The van der Waals surface area contributed by atoms with E-state index in [0.29, 0.717) is 5.70 Å². The van der Waals surface area contributed by atoms with Crippen LogP contribution in [0.15, 0.2) is 12.4 Å². The zero-order valence-electron chi connectivity index (χ0n) is 8.00. The van der Waals surface area contributed by atoms with Gasteiger partial charge in [-0.2, -0.15) is 5.10 Å². The fraction of sp³-hybridized carbons (Fsp3) is 0.333. The van der Waals surface area contributed by atoms with E-state index in [4.69, 9.17) is 6.57 Å². The summed E-state index contributed by atoms with van der Waals surface area (Å²) in [4.78, 5) is 5.27. The molecule has 1 aromatic heterocycles. The van der Waals surface area contributed by atoms with Crippen LogP contribution in [0.3, 0.4) is 0 Å². The van der Waals surface area contributed by atoms with E-state index in [0.717, 1.165) is 11.3 Å². The standard InChI is InChI=1S/C9H12N4/c1-7-5-11-12-9(7)8(10-2)6-13(3)4/h5-6H,1,3-4H3,(H,11,12)/b8-6-. The molecule has 1 heterocycles. The topological polar surface area (TPSA) is 36.3 Å². The number of rotatable bonds is 2. The molecule has 0 saturated heterocycles. The first kappa shape index (κ1) is 9.33. The zero-order valence-corrected chi connectivity index (χ0v) is 8.00. The van der Waals surface area contributed by atoms with Crippen LogP contribution in [0.1, 0.15) is 11.3 Å². The summed E-state index contributed by atoms with van der Waals surface area (Å²) in [6.45, 7) is 8.93. The van der Waals surface area contributed by atoms with Gasteiger partial charge in [-0.05, 0) is 12.5 Å². The lowest BCUT2D eigenvalue weighted by atomic mass is 10.2. The van der Waals surface area contributed by atoms with Crippen LogP contribution in [0.25, 0.3) is 10.5 Å². The predicted octanol–water partition coefficient (Wildman–Crippen LogP) is 1.50. The van der Waals surface area contributed by atoms with Gasteiger partial charge in [0.15, 0.2) is 0 Å². The molecular weight excluding hydrogens is 164 g/mol. The number of H-pyrrole nitrogens is 1. The first-order valence-electron chi connectivity index (χ1n) is 3.91. The highest BCUT2D eigenvalue weighted by Crippen LogP contribution is 2.16. The maximum Gasteiger partial charge on any atom is 0.227 e. The van der Waals surface area contributed by atoms with Gasteiger partial charge in [0.2, 0.25) is 5.70 Å². The second kappa shape index (κ2) is 3.76. The maximum absolute atomic E-state index is 7.01. The van der Waals surface area contributed by atoms with Crippen molar-refractivity contribution in [1.29, 1.82) is 0 Å². The zero-order chi connectivity index (χ0) is 9.84. The first-order chi connectivity index (χ1) is 6.15. The Morgan fingerprint density at radius 1 is 1.69 bits per heavy atom. The number of aryl methyl sites for hydroxylation is 1. The first-order valence-corrected chi connectivity index (χ1v) is 3.91. The summed E-state index contributed by atoms with van der Waals surface area (Å²) in [5.41, 5.74) is 2.37. The summed E-state index contributed by atoms with van der Waals surface area (Å²) >= 11 is 0. The van der Waals surface area contributed by atoms with Crippen molar-refractivity contribution in [2.75, 3.05) is 14.1 Å². The van der Waals surface area contributed by atoms with Crippen molar-refractivity contribution in [3.8, 4) is 0 Å². The van der Waals surface area contributed by atoms with Crippen LogP contribution in [0, 0.1) is 13.5 Å². The smallest absolute Gasteiger partial charge is 0.227 e. The quantitative estimate of drug-likeness (QED) is 0.693. The molecular formula is C9H12N4. The van der Waals surface area contributed by atoms with E-state index in [2.05, 4.69) is 15.0 Å². The summed E-state index contributed by atoms with van der Waals surface area (Å²) in [5.74, 6) is 0. The van der Waals surface area contributed by atoms with E-state index < -0.39 is 0 Å². The number of hydrogen-bond donors (Lipinski definition) is 1. The van der Waals surface area contributed by atoms with Crippen molar-refractivity contribution < 1.29 is 0 Å². The van der Waals surface area contributed by atoms with Gasteiger partial charge in [-0.1, -0.05) is 0 Å². The van der Waals surface area contributed by atoms with Crippen molar-refractivity contribution in [1.82, 2.24) is 15.1 Å². The van der Waals surface area contributed by atoms with Gasteiger partial charge in [-0.3, -0.25) is 5.10 Å². The Hall–Kier alpha value is -1.76. The minimum atomic E-state index is 0.583. The van der Waals surface area contributed by atoms with Crippen molar-refractivity contribution in [3.05, 3.63) is 35.1 Å². The van der Waals surface area contributed by atoms with E-state index in [9.17, 15) is 0 Å². The molecule has 0 amide bonds. The fourth-order valence-electron chi connectivity index (χ4n) is 1.000. The van der Waals surface area contributed by atoms with E-state index >= 15 is 0 Å². The van der Waals surface area contributed by atoms with Gasteiger partial charge >= 0.3 is 0 Å². The van der Waals surface area contributed by atoms with Crippen LogP contribution in [0.4, 0.5) is 0 Å². The molecule has 0 aromatic carbocycles. The van der Waals surface area contributed by atoms with Gasteiger partial charge in [0.1, 0.15) is 0 Å². The molecule has 0 radical (unpaired) electrons. The molecule has 13 heavy (non-hydrogen) atoms. The Balaban J connectivity index is 3.07. The Kier molecular flexibility index (Phi) is 2.70. The predicted molar refractivity (Wildman–Crippen MR) is 51.6 cm³/mol. The van der Waals surface area contributed by atoms with Gasteiger partial charge in [0, 0.05) is 20.3 Å². The number of aromatic nitrogens is 2. The lowest BCUT2D eigenvalue weighted by Gasteiger charge is -2.05. The largest absolute Gasteiger partial charge is 0.393 e. The Morgan fingerprint density at radius 3 is 2.77 bits per heavy atom. The average molecular weight is 176 g/mol. The molecule has 1 N–H and O–H groups in total. The summed E-state index contributed by atoms with van der Waals surface area (Å²) in [6, 6.07) is 0. The molecule has 0 bridgehead atoms. The number of nitrogens with zero attached hydrogens (tertiary/aromatic N) is 3.